The first-order valence-corrected chi connectivity index (χ1v) is 8.29. The number of benzene rings is 2. The Morgan fingerprint density at radius 1 is 1.15 bits per heavy atom. The van der Waals surface area contributed by atoms with Crippen molar-refractivity contribution < 1.29 is 19.2 Å². The minimum atomic E-state index is -0.502. The van der Waals surface area contributed by atoms with Crippen molar-refractivity contribution in [2.24, 2.45) is 0 Å². The number of nitro benzene ring substituents is 1. The van der Waals surface area contributed by atoms with E-state index in [1.54, 1.807) is 36.5 Å². The zero-order chi connectivity index (χ0) is 19.1. The van der Waals surface area contributed by atoms with Gasteiger partial charge in [-0.1, -0.05) is 12.1 Å². The summed E-state index contributed by atoms with van der Waals surface area (Å²) in [6, 6.07) is 9.76. The smallest absolute Gasteiger partial charge is 0.313 e. The van der Waals surface area contributed by atoms with Gasteiger partial charge in [0, 0.05) is 24.2 Å². The van der Waals surface area contributed by atoms with Crippen LogP contribution in [0.3, 0.4) is 0 Å². The SMILES string of the molecule is COc1cc2c(CCN3C(=O)c4ccccc4C3=O)c[nH]c2cc1[N+](=O)[O-]. The highest BCUT2D eigenvalue weighted by Gasteiger charge is 2.34. The van der Waals surface area contributed by atoms with Crippen LogP contribution in [-0.4, -0.2) is 40.3 Å². The molecule has 1 aromatic heterocycles. The number of amides is 2. The fraction of sp³-hybridized carbons (Fsp3) is 0.158. The first-order chi connectivity index (χ1) is 13.0. The van der Waals surface area contributed by atoms with Crippen molar-refractivity contribution >= 4 is 28.4 Å². The summed E-state index contributed by atoms with van der Waals surface area (Å²) in [6.07, 6.45) is 2.15. The van der Waals surface area contributed by atoms with Gasteiger partial charge in [-0.3, -0.25) is 24.6 Å². The van der Waals surface area contributed by atoms with Gasteiger partial charge in [0.25, 0.3) is 11.8 Å². The third-order valence-electron chi connectivity index (χ3n) is 4.75. The summed E-state index contributed by atoms with van der Waals surface area (Å²) in [5.74, 6) is -0.443. The number of imide groups is 1. The molecule has 0 fully saturated rings. The van der Waals surface area contributed by atoms with Gasteiger partial charge in [-0.2, -0.15) is 0 Å². The number of hydrogen-bond acceptors (Lipinski definition) is 5. The van der Waals surface area contributed by atoms with E-state index >= 15 is 0 Å². The first kappa shape index (κ1) is 16.8. The number of H-pyrrole nitrogens is 1. The van der Waals surface area contributed by atoms with E-state index < -0.39 is 4.92 Å². The van der Waals surface area contributed by atoms with E-state index in [1.807, 2.05) is 0 Å². The Kier molecular flexibility index (Phi) is 3.88. The van der Waals surface area contributed by atoms with Gasteiger partial charge >= 0.3 is 5.69 Å². The summed E-state index contributed by atoms with van der Waals surface area (Å²) < 4.78 is 5.12. The topological polar surface area (TPSA) is 106 Å². The van der Waals surface area contributed by atoms with Gasteiger partial charge in [0.2, 0.25) is 0 Å². The molecule has 1 aliphatic heterocycles. The van der Waals surface area contributed by atoms with Gasteiger partial charge in [0.1, 0.15) is 0 Å². The van der Waals surface area contributed by atoms with Crippen LogP contribution in [0, 0.1) is 10.1 Å². The van der Waals surface area contributed by atoms with Crippen molar-refractivity contribution in [3.8, 4) is 5.75 Å². The largest absolute Gasteiger partial charge is 0.490 e. The Labute approximate surface area is 153 Å². The quantitative estimate of drug-likeness (QED) is 0.425. The van der Waals surface area contributed by atoms with E-state index in [0.717, 1.165) is 10.9 Å². The van der Waals surface area contributed by atoms with Gasteiger partial charge < -0.3 is 9.72 Å². The van der Waals surface area contributed by atoms with Gasteiger partial charge in [-0.25, -0.2) is 0 Å². The van der Waals surface area contributed by atoms with Gasteiger partial charge in [0.05, 0.1) is 28.7 Å². The molecule has 0 radical (unpaired) electrons. The minimum Gasteiger partial charge on any atom is -0.490 e. The highest BCUT2D eigenvalue weighted by Crippen LogP contribution is 2.33. The summed E-state index contributed by atoms with van der Waals surface area (Å²) in [5.41, 5.74) is 2.14. The molecule has 8 heteroatoms. The van der Waals surface area contributed by atoms with Crippen LogP contribution >= 0.6 is 0 Å². The lowest BCUT2D eigenvalue weighted by atomic mass is 10.1. The fourth-order valence-corrected chi connectivity index (χ4v) is 3.38. The maximum absolute atomic E-state index is 12.5. The number of aromatic amines is 1. The molecule has 3 aromatic rings. The number of ether oxygens (including phenoxy) is 1. The van der Waals surface area contributed by atoms with E-state index in [-0.39, 0.29) is 29.8 Å². The lowest BCUT2D eigenvalue weighted by Crippen LogP contribution is -2.31. The molecule has 2 heterocycles. The summed E-state index contributed by atoms with van der Waals surface area (Å²) in [5, 5.41) is 11.9. The van der Waals surface area contributed by atoms with Crippen molar-refractivity contribution in [3.05, 3.63) is 69.4 Å². The Hall–Kier alpha value is -3.68. The maximum Gasteiger partial charge on any atom is 0.313 e. The molecule has 0 aliphatic carbocycles. The molecule has 0 spiro atoms. The van der Waals surface area contributed by atoms with Crippen LogP contribution in [0.1, 0.15) is 26.3 Å². The molecule has 2 aromatic carbocycles. The molecule has 1 N–H and O–H groups in total. The number of fused-ring (bicyclic) bond motifs is 2. The second-order valence-electron chi connectivity index (χ2n) is 6.20. The Morgan fingerprint density at radius 2 is 1.81 bits per heavy atom. The molecule has 8 nitrogen and oxygen atoms in total. The molecule has 27 heavy (non-hydrogen) atoms. The average Bonchev–Trinajstić information content (AvgIpc) is 3.18. The maximum atomic E-state index is 12.5. The van der Waals surface area contributed by atoms with E-state index in [4.69, 9.17) is 4.74 Å². The summed E-state index contributed by atoms with van der Waals surface area (Å²) >= 11 is 0. The third kappa shape index (κ3) is 2.62. The lowest BCUT2D eigenvalue weighted by molar-refractivity contribution is -0.385. The Bertz CT molecular complexity index is 1070. The molecular weight excluding hydrogens is 350 g/mol. The number of methoxy groups -OCH3 is 1. The number of hydrogen-bond donors (Lipinski definition) is 1. The zero-order valence-electron chi connectivity index (χ0n) is 14.4. The second-order valence-corrected chi connectivity index (χ2v) is 6.20. The number of nitrogens with zero attached hydrogens (tertiary/aromatic N) is 2. The van der Waals surface area contributed by atoms with E-state index in [2.05, 4.69) is 4.98 Å². The van der Waals surface area contributed by atoms with E-state index in [1.165, 1.54) is 18.1 Å². The van der Waals surface area contributed by atoms with Crippen LogP contribution in [0.25, 0.3) is 10.9 Å². The van der Waals surface area contributed by atoms with Crippen LogP contribution in [0.15, 0.2) is 42.6 Å². The van der Waals surface area contributed by atoms with Gasteiger partial charge in [-0.15, -0.1) is 0 Å². The van der Waals surface area contributed by atoms with Crippen molar-refractivity contribution in [3.63, 3.8) is 0 Å². The molecule has 4 rings (SSSR count). The predicted molar refractivity (Wildman–Crippen MR) is 97.0 cm³/mol. The van der Waals surface area contributed by atoms with Crippen LogP contribution < -0.4 is 4.74 Å². The van der Waals surface area contributed by atoms with E-state index in [0.29, 0.717) is 23.1 Å². The third-order valence-corrected chi connectivity index (χ3v) is 4.75. The summed E-state index contributed by atoms with van der Waals surface area (Å²) in [7, 11) is 1.37. The first-order valence-electron chi connectivity index (χ1n) is 8.29. The minimum absolute atomic E-state index is 0.126. The summed E-state index contributed by atoms with van der Waals surface area (Å²) in [6.45, 7) is 0.221. The number of carbonyl (C=O) groups excluding carboxylic acids is 2. The number of aromatic nitrogens is 1. The standard InChI is InChI=1S/C19H15N3O5/c1-27-17-8-14-11(10-20-15(14)9-16(17)22(25)26)6-7-21-18(23)12-4-2-3-5-13(12)19(21)24/h2-5,8-10,20H,6-7H2,1H3. The molecule has 0 bridgehead atoms. The Morgan fingerprint density at radius 3 is 2.41 bits per heavy atom. The normalized spacial score (nSPS) is 13.3. The Balaban J connectivity index is 1.61. The lowest BCUT2D eigenvalue weighted by Gasteiger charge is -2.13. The molecule has 2 amide bonds. The molecule has 0 saturated carbocycles. The fourth-order valence-electron chi connectivity index (χ4n) is 3.38. The highest BCUT2D eigenvalue weighted by atomic mass is 16.6. The molecule has 0 atom stereocenters. The molecule has 0 unspecified atom stereocenters. The second kappa shape index (κ2) is 6.24. The van der Waals surface area contributed by atoms with Gasteiger partial charge in [-0.05, 0) is 30.2 Å². The van der Waals surface area contributed by atoms with Crippen LogP contribution in [0.2, 0.25) is 0 Å². The van der Waals surface area contributed by atoms with Crippen molar-refractivity contribution in [2.45, 2.75) is 6.42 Å². The molecular formula is C19H15N3O5. The van der Waals surface area contributed by atoms with Crippen molar-refractivity contribution in [1.29, 1.82) is 0 Å². The van der Waals surface area contributed by atoms with Crippen LogP contribution in [0.4, 0.5) is 5.69 Å². The number of nitro groups is 1. The molecule has 136 valence electrons. The van der Waals surface area contributed by atoms with Crippen LogP contribution in [0.5, 0.6) is 5.75 Å². The zero-order valence-corrected chi connectivity index (χ0v) is 14.4. The predicted octanol–water partition coefficient (Wildman–Crippen LogP) is 2.92. The number of nitrogens with one attached hydrogen (secondary N) is 1. The van der Waals surface area contributed by atoms with Crippen LogP contribution in [-0.2, 0) is 6.42 Å². The molecule has 0 saturated heterocycles. The number of carbonyl (C=O) groups is 2. The number of rotatable bonds is 5. The van der Waals surface area contributed by atoms with E-state index in [9.17, 15) is 19.7 Å². The van der Waals surface area contributed by atoms with Gasteiger partial charge in [0.15, 0.2) is 5.75 Å². The summed E-state index contributed by atoms with van der Waals surface area (Å²) in [4.78, 5) is 39.8. The monoisotopic (exact) mass is 365 g/mol. The highest BCUT2D eigenvalue weighted by molar-refractivity contribution is 6.21. The average molecular weight is 365 g/mol. The van der Waals surface area contributed by atoms with Crippen molar-refractivity contribution in [2.75, 3.05) is 13.7 Å². The van der Waals surface area contributed by atoms with Crippen molar-refractivity contribution in [1.82, 2.24) is 9.88 Å². The molecule has 1 aliphatic rings.